The maximum Gasteiger partial charge on any atom is 0.0792 e. The zero-order valence-electron chi connectivity index (χ0n) is 6.96. The van der Waals surface area contributed by atoms with Crippen molar-refractivity contribution in [2.75, 3.05) is 6.61 Å². The zero-order chi connectivity index (χ0) is 8.55. The number of aryl methyl sites for hydroxylation is 1. The third-order valence-electron chi connectivity index (χ3n) is 2.07. The predicted octanol–water partition coefficient (Wildman–Crippen LogP) is 1.74. The fourth-order valence-corrected chi connectivity index (χ4v) is 1.54. The Bertz CT molecular complexity index is 261. The van der Waals surface area contributed by atoms with Crippen LogP contribution in [0.3, 0.4) is 0 Å². The topological polar surface area (TPSA) is 27.1 Å². The van der Waals surface area contributed by atoms with Gasteiger partial charge in [0.1, 0.15) is 0 Å². The van der Waals surface area contributed by atoms with E-state index in [4.69, 9.17) is 4.74 Å². The van der Waals surface area contributed by atoms with Gasteiger partial charge in [0.25, 0.3) is 0 Å². The summed E-state index contributed by atoms with van der Waals surface area (Å²) in [6.07, 6.45) is 3.55. The first-order valence-corrected chi connectivity index (χ1v) is 4.86. The van der Waals surface area contributed by atoms with Crippen molar-refractivity contribution in [3.63, 3.8) is 0 Å². The number of hydrogen-bond donors (Lipinski definition) is 0. The molecule has 0 radical (unpaired) electrons. The molecule has 3 nitrogen and oxygen atoms in total. The predicted molar refractivity (Wildman–Crippen MR) is 49.0 cm³/mol. The first-order valence-electron chi connectivity index (χ1n) is 4.07. The Kier molecular flexibility index (Phi) is 2.19. The summed E-state index contributed by atoms with van der Waals surface area (Å²) in [6, 6.07) is 0. The number of halogens is 1. The van der Waals surface area contributed by atoms with Gasteiger partial charge in [0.15, 0.2) is 0 Å². The van der Waals surface area contributed by atoms with Crippen LogP contribution in [-0.4, -0.2) is 22.5 Å². The van der Waals surface area contributed by atoms with Crippen molar-refractivity contribution in [2.45, 2.75) is 26.0 Å². The van der Waals surface area contributed by atoms with E-state index in [9.17, 15) is 0 Å². The van der Waals surface area contributed by atoms with Gasteiger partial charge >= 0.3 is 0 Å². The first kappa shape index (κ1) is 8.26. The highest BCUT2D eigenvalue weighted by atomic mass is 79.9. The summed E-state index contributed by atoms with van der Waals surface area (Å²) in [7, 11) is 0. The van der Waals surface area contributed by atoms with Crippen LogP contribution in [0, 0.1) is 6.92 Å². The van der Waals surface area contributed by atoms with Crippen molar-refractivity contribution < 1.29 is 4.74 Å². The SMILES string of the molecule is Cc1nn(CC2CCO2)cc1Br. The molecule has 1 aromatic heterocycles. The molecule has 12 heavy (non-hydrogen) atoms. The largest absolute Gasteiger partial charge is 0.376 e. The van der Waals surface area contributed by atoms with Crippen LogP contribution in [0.5, 0.6) is 0 Å². The molecule has 0 N–H and O–H groups in total. The maximum absolute atomic E-state index is 5.31. The molecule has 1 aliphatic rings. The van der Waals surface area contributed by atoms with E-state index in [0.717, 1.165) is 29.7 Å². The summed E-state index contributed by atoms with van der Waals surface area (Å²) in [6.45, 7) is 3.78. The average molecular weight is 231 g/mol. The van der Waals surface area contributed by atoms with E-state index >= 15 is 0 Å². The van der Waals surface area contributed by atoms with Crippen LogP contribution in [0.4, 0.5) is 0 Å². The van der Waals surface area contributed by atoms with Gasteiger partial charge in [0.05, 0.1) is 22.8 Å². The Balaban J connectivity index is 2.02. The lowest BCUT2D eigenvalue weighted by Crippen LogP contribution is -2.31. The van der Waals surface area contributed by atoms with Crippen molar-refractivity contribution in [1.29, 1.82) is 0 Å². The summed E-state index contributed by atoms with van der Waals surface area (Å²) in [5, 5.41) is 4.32. The molecule has 0 spiro atoms. The van der Waals surface area contributed by atoms with Gasteiger partial charge in [-0.05, 0) is 29.3 Å². The minimum atomic E-state index is 0.385. The Labute approximate surface area is 79.8 Å². The van der Waals surface area contributed by atoms with E-state index in [0.29, 0.717) is 6.10 Å². The molecular weight excluding hydrogens is 220 g/mol. The van der Waals surface area contributed by atoms with Gasteiger partial charge in [-0.25, -0.2) is 0 Å². The van der Waals surface area contributed by atoms with E-state index in [1.807, 2.05) is 17.8 Å². The summed E-state index contributed by atoms with van der Waals surface area (Å²) in [5.41, 5.74) is 1.04. The molecule has 0 amide bonds. The maximum atomic E-state index is 5.31. The van der Waals surface area contributed by atoms with Crippen LogP contribution < -0.4 is 0 Å². The molecule has 0 bridgehead atoms. The molecule has 1 saturated heterocycles. The molecule has 2 heterocycles. The smallest absolute Gasteiger partial charge is 0.0792 e. The minimum absolute atomic E-state index is 0.385. The summed E-state index contributed by atoms with van der Waals surface area (Å²) >= 11 is 3.42. The lowest BCUT2D eigenvalue weighted by Gasteiger charge is -2.25. The van der Waals surface area contributed by atoms with Crippen molar-refractivity contribution in [3.8, 4) is 0 Å². The van der Waals surface area contributed by atoms with Crippen LogP contribution in [0.25, 0.3) is 0 Å². The van der Waals surface area contributed by atoms with E-state index in [1.165, 1.54) is 0 Å². The molecule has 0 saturated carbocycles. The number of hydrogen-bond acceptors (Lipinski definition) is 2. The second-order valence-corrected chi connectivity index (χ2v) is 3.92. The molecule has 1 aliphatic heterocycles. The van der Waals surface area contributed by atoms with Crippen molar-refractivity contribution >= 4 is 15.9 Å². The van der Waals surface area contributed by atoms with E-state index in [1.54, 1.807) is 0 Å². The monoisotopic (exact) mass is 230 g/mol. The molecule has 1 unspecified atom stereocenters. The van der Waals surface area contributed by atoms with E-state index in [2.05, 4.69) is 21.0 Å². The molecule has 2 rings (SSSR count). The fourth-order valence-electron chi connectivity index (χ4n) is 1.22. The number of rotatable bonds is 2. The third-order valence-corrected chi connectivity index (χ3v) is 2.85. The number of aromatic nitrogens is 2. The lowest BCUT2D eigenvalue weighted by molar-refractivity contribution is -0.0609. The standard InChI is InChI=1S/C8H11BrN2O/c1-6-8(9)5-11(10-6)4-7-2-3-12-7/h5,7H,2-4H2,1H3. The van der Waals surface area contributed by atoms with Gasteiger partial charge in [-0.3, -0.25) is 4.68 Å². The Morgan fingerprint density at radius 1 is 1.83 bits per heavy atom. The van der Waals surface area contributed by atoms with Crippen LogP contribution in [0.15, 0.2) is 10.7 Å². The summed E-state index contributed by atoms with van der Waals surface area (Å²) in [5.74, 6) is 0. The summed E-state index contributed by atoms with van der Waals surface area (Å²) in [4.78, 5) is 0. The summed E-state index contributed by atoms with van der Waals surface area (Å²) < 4.78 is 8.31. The highest BCUT2D eigenvalue weighted by Gasteiger charge is 2.18. The Morgan fingerprint density at radius 3 is 3.00 bits per heavy atom. The molecule has 1 aromatic rings. The molecule has 66 valence electrons. The van der Waals surface area contributed by atoms with Crippen LogP contribution in [0.1, 0.15) is 12.1 Å². The van der Waals surface area contributed by atoms with Crippen LogP contribution in [-0.2, 0) is 11.3 Å². The van der Waals surface area contributed by atoms with E-state index < -0.39 is 0 Å². The average Bonchev–Trinajstić information content (AvgIpc) is 2.24. The lowest BCUT2D eigenvalue weighted by atomic mass is 10.2. The molecular formula is C8H11BrN2O. The quantitative estimate of drug-likeness (QED) is 0.775. The minimum Gasteiger partial charge on any atom is -0.376 e. The molecule has 4 heteroatoms. The van der Waals surface area contributed by atoms with Crippen molar-refractivity contribution in [3.05, 3.63) is 16.4 Å². The van der Waals surface area contributed by atoms with Gasteiger partial charge in [0, 0.05) is 12.8 Å². The van der Waals surface area contributed by atoms with Gasteiger partial charge in [-0.1, -0.05) is 0 Å². The second-order valence-electron chi connectivity index (χ2n) is 3.07. The number of nitrogens with zero attached hydrogens (tertiary/aromatic N) is 2. The molecule has 1 atom stereocenters. The number of ether oxygens (including phenoxy) is 1. The Morgan fingerprint density at radius 2 is 2.58 bits per heavy atom. The zero-order valence-corrected chi connectivity index (χ0v) is 8.54. The third kappa shape index (κ3) is 1.54. The highest BCUT2D eigenvalue weighted by Crippen LogP contribution is 2.17. The molecule has 0 aliphatic carbocycles. The van der Waals surface area contributed by atoms with E-state index in [-0.39, 0.29) is 0 Å². The normalized spacial score (nSPS) is 22.3. The first-order chi connectivity index (χ1) is 5.75. The fraction of sp³-hybridized carbons (Fsp3) is 0.625. The van der Waals surface area contributed by atoms with Crippen molar-refractivity contribution in [1.82, 2.24) is 9.78 Å². The van der Waals surface area contributed by atoms with Gasteiger partial charge in [0.2, 0.25) is 0 Å². The van der Waals surface area contributed by atoms with Gasteiger partial charge in [-0.2, -0.15) is 5.10 Å². The van der Waals surface area contributed by atoms with Gasteiger partial charge in [-0.15, -0.1) is 0 Å². The molecule has 1 fully saturated rings. The Hall–Kier alpha value is -0.350. The van der Waals surface area contributed by atoms with Crippen LogP contribution in [0.2, 0.25) is 0 Å². The van der Waals surface area contributed by atoms with Gasteiger partial charge < -0.3 is 4.74 Å². The van der Waals surface area contributed by atoms with Crippen LogP contribution >= 0.6 is 15.9 Å². The second kappa shape index (κ2) is 3.18. The highest BCUT2D eigenvalue weighted by molar-refractivity contribution is 9.10. The van der Waals surface area contributed by atoms with Crippen molar-refractivity contribution in [2.24, 2.45) is 0 Å². The molecule has 0 aromatic carbocycles.